The Morgan fingerprint density at radius 1 is 1.03 bits per heavy atom. The lowest BCUT2D eigenvalue weighted by Crippen LogP contribution is -2.68. The van der Waals surface area contributed by atoms with Gasteiger partial charge in [0.15, 0.2) is 16.9 Å². The zero-order chi connectivity index (χ0) is 41.6. The number of carbonyl (C=O) groups excluding carboxylic acids is 5. The van der Waals surface area contributed by atoms with E-state index >= 15 is 0 Å². The van der Waals surface area contributed by atoms with Gasteiger partial charge >= 0.3 is 24.1 Å². The molecule has 5 amide bonds. The highest BCUT2D eigenvalue weighted by atomic mass is 35.5. The van der Waals surface area contributed by atoms with E-state index in [-0.39, 0.29) is 47.6 Å². The SMILES string of the molecule is CC(C)(C)OC(=O)Nc1nc(/C(=N/OC2(C(=O)OC(c3ccccc3)c3ccccc3)CCC2)C(=O)N[C@@H]2C(=O)N3C[C@@](C(=O)O)(N4CCN(N)C4=O)S[C@H]23)c(Cl)s1. The lowest BCUT2D eigenvalue weighted by atomic mass is 9.80. The van der Waals surface area contributed by atoms with Gasteiger partial charge in [0.2, 0.25) is 16.4 Å². The summed E-state index contributed by atoms with van der Waals surface area (Å²) in [7, 11) is 0. The molecule has 1 aromatic heterocycles. The monoisotopic (exact) mass is 854 g/mol. The van der Waals surface area contributed by atoms with Gasteiger partial charge in [-0.1, -0.05) is 101 Å². The number of rotatable bonds is 12. The summed E-state index contributed by atoms with van der Waals surface area (Å²) < 4.78 is 11.3. The number of hydrogen-bond donors (Lipinski definition) is 4. The quantitative estimate of drug-likeness (QED) is 0.0506. The Morgan fingerprint density at radius 2 is 1.67 bits per heavy atom. The molecule has 58 heavy (non-hydrogen) atoms. The molecule has 0 radical (unpaired) electrons. The molecule has 4 fully saturated rings. The summed E-state index contributed by atoms with van der Waals surface area (Å²) in [6, 6.07) is 16.3. The fourth-order valence-corrected chi connectivity index (χ4v) is 9.42. The number of aliphatic carboxylic acids is 1. The number of nitrogens with one attached hydrogen (secondary N) is 2. The second-order valence-electron chi connectivity index (χ2n) is 14.9. The number of carboxylic acids is 1. The number of benzene rings is 2. The number of carbonyl (C=O) groups is 6. The number of aromatic nitrogens is 1. The van der Waals surface area contributed by atoms with E-state index in [4.69, 9.17) is 31.8 Å². The van der Waals surface area contributed by atoms with Crippen LogP contribution in [0.4, 0.5) is 14.7 Å². The molecular weight excluding hydrogens is 816 g/mol. The number of urea groups is 1. The third kappa shape index (κ3) is 7.75. The number of hydrazine groups is 1. The van der Waals surface area contributed by atoms with Crippen molar-refractivity contribution in [3.8, 4) is 0 Å². The molecule has 5 N–H and O–H groups in total. The highest BCUT2D eigenvalue weighted by Gasteiger charge is 2.66. The number of oxime groups is 1. The van der Waals surface area contributed by atoms with Gasteiger partial charge in [0.25, 0.3) is 5.91 Å². The minimum Gasteiger partial charge on any atom is -0.479 e. The number of hydrogen-bond acceptors (Lipinski definition) is 14. The second kappa shape index (κ2) is 15.7. The largest absolute Gasteiger partial charge is 0.479 e. The molecule has 21 heteroatoms. The molecule has 0 bridgehead atoms. The Bertz CT molecular complexity index is 2130. The number of halogens is 1. The number of thiazole rings is 1. The summed E-state index contributed by atoms with van der Waals surface area (Å²) >= 11 is 8.20. The normalized spacial score (nSPS) is 22.5. The van der Waals surface area contributed by atoms with Crippen LogP contribution >= 0.6 is 34.7 Å². The Labute approximate surface area is 344 Å². The van der Waals surface area contributed by atoms with Crippen molar-refractivity contribution in [2.75, 3.05) is 25.0 Å². The van der Waals surface area contributed by atoms with Gasteiger partial charge in [-0.25, -0.2) is 30.0 Å². The minimum absolute atomic E-state index is 0.0121. The number of β-lactam (4-membered cyclic amide) rings is 1. The number of fused-ring (bicyclic) bond motifs is 1. The van der Waals surface area contributed by atoms with Crippen molar-refractivity contribution in [2.24, 2.45) is 11.0 Å². The number of nitrogens with zero attached hydrogens (tertiary/aromatic N) is 5. The van der Waals surface area contributed by atoms with Crippen LogP contribution in [0, 0.1) is 0 Å². The fraction of sp³-hybridized carbons (Fsp3) is 0.405. The average Bonchev–Trinajstić information content (AvgIpc) is 3.83. The van der Waals surface area contributed by atoms with E-state index < -0.39 is 75.2 Å². The van der Waals surface area contributed by atoms with Gasteiger partial charge in [-0.05, 0) is 38.3 Å². The van der Waals surface area contributed by atoms with Crippen LogP contribution in [0.1, 0.15) is 63.0 Å². The molecule has 3 atom stereocenters. The Morgan fingerprint density at radius 3 is 2.21 bits per heavy atom. The van der Waals surface area contributed by atoms with E-state index in [0.717, 1.165) is 33.0 Å². The van der Waals surface area contributed by atoms with Crippen LogP contribution in [-0.4, -0.2) is 114 Å². The summed E-state index contributed by atoms with van der Waals surface area (Å²) in [5.41, 5.74) is -1.83. The molecule has 1 saturated carbocycles. The number of thioether (sulfide) groups is 1. The third-order valence-electron chi connectivity index (χ3n) is 9.85. The van der Waals surface area contributed by atoms with Gasteiger partial charge in [0.1, 0.15) is 27.0 Å². The van der Waals surface area contributed by atoms with Crippen molar-refractivity contribution in [1.82, 2.24) is 25.1 Å². The van der Waals surface area contributed by atoms with Crippen LogP contribution in [0.3, 0.4) is 0 Å². The fourth-order valence-electron chi connectivity index (χ4n) is 6.75. The van der Waals surface area contributed by atoms with Gasteiger partial charge in [-0.15, -0.1) is 0 Å². The molecule has 0 unspecified atom stereocenters. The topological polar surface area (TPSA) is 235 Å². The van der Waals surface area contributed by atoms with Crippen molar-refractivity contribution < 1.29 is 48.2 Å². The van der Waals surface area contributed by atoms with Gasteiger partial charge < -0.3 is 29.6 Å². The Kier molecular flexibility index (Phi) is 11.0. The van der Waals surface area contributed by atoms with Crippen LogP contribution in [0.25, 0.3) is 0 Å². The first kappa shape index (κ1) is 40.7. The number of amides is 5. The summed E-state index contributed by atoms with van der Waals surface area (Å²) in [6.07, 6.45) is -0.681. The van der Waals surface area contributed by atoms with Gasteiger partial charge in [-0.2, -0.15) is 0 Å². The summed E-state index contributed by atoms with van der Waals surface area (Å²) in [6.45, 7) is 4.76. The molecule has 4 aliphatic rings. The van der Waals surface area contributed by atoms with Crippen molar-refractivity contribution in [3.63, 3.8) is 0 Å². The summed E-state index contributed by atoms with van der Waals surface area (Å²) in [5.74, 6) is 2.01. The van der Waals surface area contributed by atoms with Crippen molar-refractivity contribution in [2.45, 2.75) is 73.6 Å². The maximum Gasteiger partial charge on any atom is 0.413 e. The number of nitrogens with two attached hydrogens (primary N) is 1. The molecule has 2 aromatic carbocycles. The zero-order valence-electron chi connectivity index (χ0n) is 31.4. The van der Waals surface area contributed by atoms with Gasteiger partial charge in [-0.3, -0.25) is 24.8 Å². The first-order valence-corrected chi connectivity index (χ1v) is 20.2. The van der Waals surface area contributed by atoms with E-state index in [9.17, 15) is 33.9 Å². The van der Waals surface area contributed by atoms with Crippen molar-refractivity contribution >= 4 is 81.4 Å². The zero-order valence-corrected chi connectivity index (χ0v) is 33.8. The van der Waals surface area contributed by atoms with Gasteiger partial charge in [0.05, 0.1) is 13.1 Å². The second-order valence-corrected chi connectivity index (χ2v) is 17.9. The molecule has 1 aliphatic carbocycles. The smallest absolute Gasteiger partial charge is 0.413 e. The van der Waals surface area contributed by atoms with Crippen molar-refractivity contribution in [1.29, 1.82) is 0 Å². The number of esters is 1. The molecule has 306 valence electrons. The third-order valence-corrected chi connectivity index (χ3v) is 12.7. The van der Waals surface area contributed by atoms with Crippen LogP contribution in [-0.2, 0) is 33.5 Å². The summed E-state index contributed by atoms with van der Waals surface area (Å²) in [5, 5.41) is 19.5. The van der Waals surface area contributed by atoms with Crippen LogP contribution in [0.15, 0.2) is 65.8 Å². The number of carboxylic acid groups (broad SMARTS) is 1. The first-order valence-electron chi connectivity index (χ1n) is 18.1. The molecule has 18 nitrogen and oxygen atoms in total. The van der Waals surface area contributed by atoms with E-state index in [1.807, 2.05) is 60.7 Å². The molecule has 4 heterocycles. The standard InChI is InChI=1S/C37H39ClN8O10S2/c1-35(2,3)55-33(52)42-32-41-22(26(38)57-32)23(27(47)40-24-28(48)44-19-37(30(49)50,58-29(24)44)45-17-18-46(39)34(45)53)43-56-36(15-10-16-36)31(51)54-25(20-11-6-4-7-12-20)21-13-8-5-9-14-21/h4-9,11-14,24-25,29H,10,15-19,39H2,1-3H3,(H,40,47)(H,49,50)(H,41,42,52)/b43-23-/t24-,29-,37-/m1/s1. The van der Waals surface area contributed by atoms with E-state index in [1.165, 1.54) is 4.90 Å². The number of anilines is 1. The average molecular weight is 855 g/mol. The van der Waals surface area contributed by atoms with E-state index in [0.29, 0.717) is 17.5 Å². The molecular formula is C37H39ClN8O10S2. The van der Waals surface area contributed by atoms with Crippen LogP contribution in [0.2, 0.25) is 4.34 Å². The lowest BCUT2D eigenvalue weighted by molar-refractivity contribution is -0.189. The minimum atomic E-state index is -1.86. The summed E-state index contributed by atoms with van der Waals surface area (Å²) in [4.78, 5) is 90.5. The maximum atomic E-state index is 14.2. The Hall–Kier alpha value is -5.44. The Balaban J connectivity index is 1.17. The molecule has 0 spiro atoms. The number of ether oxygens (including phenoxy) is 2. The molecule has 3 aliphatic heterocycles. The maximum absolute atomic E-state index is 14.2. The predicted octanol–water partition coefficient (Wildman–Crippen LogP) is 3.91. The van der Waals surface area contributed by atoms with Crippen LogP contribution in [0.5, 0.6) is 0 Å². The first-order chi connectivity index (χ1) is 27.5. The van der Waals surface area contributed by atoms with Crippen molar-refractivity contribution in [3.05, 3.63) is 81.8 Å². The highest BCUT2D eigenvalue weighted by Crippen LogP contribution is 2.49. The molecule has 3 aromatic rings. The van der Waals surface area contributed by atoms with Crippen LogP contribution < -0.4 is 16.5 Å². The van der Waals surface area contributed by atoms with E-state index in [2.05, 4.69) is 20.8 Å². The predicted molar refractivity (Wildman–Crippen MR) is 210 cm³/mol. The highest BCUT2D eigenvalue weighted by molar-refractivity contribution is 8.02. The molecule has 7 rings (SSSR count). The van der Waals surface area contributed by atoms with Gasteiger partial charge in [0, 0.05) is 19.4 Å². The molecule has 3 saturated heterocycles. The van der Waals surface area contributed by atoms with E-state index in [1.54, 1.807) is 20.8 Å². The lowest BCUT2D eigenvalue weighted by Gasteiger charge is -2.41.